The molecule has 7 nitrogen and oxygen atoms in total. The number of nitrogens with zero attached hydrogens (tertiary/aromatic N) is 3. The monoisotopic (exact) mass is 358 g/mol. The second kappa shape index (κ2) is 7.50. The normalized spacial score (nSPS) is 17.3. The Bertz CT molecular complexity index is 622. The molecule has 2 rings (SSSR count). The summed E-state index contributed by atoms with van der Waals surface area (Å²) in [5, 5.41) is 3.09. The van der Waals surface area contributed by atoms with Crippen LogP contribution in [0.15, 0.2) is 4.21 Å². The van der Waals surface area contributed by atoms with Crippen LogP contribution in [0.4, 0.5) is 5.13 Å². The van der Waals surface area contributed by atoms with Crippen LogP contribution in [0.1, 0.15) is 26.5 Å². The number of aromatic nitrogens is 1. The smallest absolute Gasteiger partial charge is 0.225 e. The van der Waals surface area contributed by atoms with Gasteiger partial charge in [-0.1, -0.05) is 25.2 Å². The number of hydrogen-bond donors (Lipinski definition) is 1. The van der Waals surface area contributed by atoms with Crippen molar-refractivity contribution in [3.8, 4) is 0 Å². The van der Waals surface area contributed by atoms with Gasteiger partial charge >= 0.3 is 0 Å². The molecule has 1 unspecified atom stereocenters. The van der Waals surface area contributed by atoms with E-state index in [1.807, 2.05) is 23.1 Å². The lowest BCUT2D eigenvalue weighted by molar-refractivity contribution is -0.135. The predicted molar refractivity (Wildman–Crippen MR) is 90.6 cm³/mol. The van der Waals surface area contributed by atoms with E-state index in [1.165, 1.54) is 18.3 Å². The first-order chi connectivity index (χ1) is 10.8. The molecule has 0 radical (unpaired) electrons. The Hall–Kier alpha value is -1.32. The Kier molecular flexibility index (Phi) is 5.88. The van der Waals surface area contributed by atoms with Crippen molar-refractivity contribution in [1.82, 2.24) is 14.2 Å². The lowest BCUT2D eigenvalue weighted by Crippen LogP contribution is -2.50. The van der Waals surface area contributed by atoms with E-state index in [4.69, 9.17) is 0 Å². The highest BCUT2D eigenvalue weighted by atomic mass is 32.2. The molecule has 0 aliphatic carbocycles. The molecule has 0 saturated carbocycles. The molecular formula is C14H22N4O3S2. The maximum absolute atomic E-state index is 12.7. The molecule has 0 bridgehead atoms. The Morgan fingerprint density at radius 1 is 1.26 bits per heavy atom. The topological polar surface area (TPSA) is 82.6 Å². The predicted octanol–water partition coefficient (Wildman–Crippen LogP) is 1.23. The minimum Gasteiger partial charge on any atom is -0.340 e. The van der Waals surface area contributed by atoms with Crippen molar-refractivity contribution in [3.63, 3.8) is 0 Å². The van der Waals surface area contributed by atoms with Gasteiger partial charge in [0.05, 0.1) is 5.69 Å². The van der Waals surface area contributed by atoms with Gasteiger partial charge in [-0.25, -0.2) is 13.5 Å². The molecule has 2 heterocycles. The van der Waals surface area contributed by atoms with Crippen LogP contribution >= 0.6 is 11.3 Å². The summed E-state index contributed by atoms with van der Waals surface area (Å²) in [5.74, 6) is -0.0785. The van der Waals surface area contributed by atoms with Gasteiger partial charge < -0.3 is 10.2 Å². The van der Waals surface area contributed by atoms with Crippen LogP contribution in [0.3, 0.4) is 0 Å². The number of amides is 2. The molecule has 1 saturated heterocycles. The van der Waals surface area contributed by atoms with Crippen LogP contribution in [-0.4, -0.2) is 56.4 Å². The molecule has 1 N–H and O–H groups in total. The van der Waals surface area contributed by atoms with Crippen molar-refractivity contribution in [3.05, 3.63) is 5.69 Å². The van der Waals surface area contributed by atoms with E-state index in [0.29, 0.717) is 41.2 Å². The summed E-state index contributed by atoms with van der Waals surface area (Å²) in [7, 11) is -1.31. The molecule has 2 amide bonds. The first kappa shape index (κ1) is 18.0. The van der Waals surface area contributed by atoms with Gasteiger partial charge in [0.1, 0.15) is 15.2 Å². The van der Waals surface area contributed by atoms with Crippen LogP contribution in [0.5, 0.6) is 0 Å². The van der Waals surface area contributed by atoms with Gasteiger partial charge in [0.15, 0.2) is 5.13 Å². The summed E-state index contributed by atoms with van der Waals surface area (Å²) in [6.45, 7) is 9.27. The van der Waals surface area contributed by atoms with Crippen molar-refractivity contribution in [2.75, 3.05) is 31.5 Å². The van der Waals surface area contributed by atoms with Crippen LogP contribution in [0, 0.1) is 12.8 Å². The Morgan fingerprint density at radius 2 is 1.87 bits per heavy atom. The van der Waals surface area contributed by atoms with Crippen molar-refractivity contribution in [1.29, 1.82) is 0 Å². The number of nitrogens with one attached hydrogen (secondary N) is 1. The standard InChI is InChI=1S/C14H22N4O3S2/c1-9(2)12(20)17-5-7-18(8-6-17)23(21)13-10(3)15-14(22-13)16-11(4)19/h9H,5-8H2,1-4H3,(H,15,16,19). The van der Waals surface area contributed by atoms with Crippen LogP contribution in [0.2, 0.25) is 0 Å². The Balaban J connectivity index is 2.01. The van der Waals surface area contributed by atoms with Gasteiger partial charge in [-0.3, -0.25) is 9.59 Å². The first-order valence-corrected chi connectivity index (χ1v) is 9.42. The number of piperazine rings is 1. The molecular weight excluding hydrogens is 336 g/mol. The van der Waals surface area contributed by atoms with Gasteiger partial charge in [-0.15, -0.1) is 0 Å². The fourth-order valence-corrected chi connectivity index (χ4v) is 4.92. The van der Waals surface area contributed by atoms with Crippen molar-refractivity contribution in [2.45, 2.75) is 31.9 Å². The van der Waals surface area contributed by atoms with Crippen molar-refractivity contribution >= 4 is 39.3 Å². The summed E-state index contributed by atoms with van der Waals surface area (Å²) in [6, 6.07) is 0. The van der Waals surface area contributed by atoms with E-state index in [9.17, 15) is 13.8 Å². The SMILES string of the molecule is CC(=O)Nc1nc(C)c(S(=O)N2CCN(C(=O)C(C)C)CC2)s1. The number of thiazole rings is 1. The van der Waals surface area contributed by atoms with E-state index in [-0.39, 0.29) is 17.7 Å². The average Bonchev–Trinajstić information content (AvgIpc) is 2.85. The summed E-state index contributed by atoms with van der Waals surface area (Å²) in [4.78, 5) is 29.1. The second-order valence-electron chi connectivity index (χ2n) is 5.73. The van der Waals surface area contributed by atoms with Crippen molar-refractivity contribution in [2.24, 2.45) is 5.92 Å². The fraction of sp³-hybridized carbons (Fsp3) is 0.643. The molecule has 1 aromatic rings. The zero-order chi connectivity index (χ0) is 17.1. The molecule has 1 aromatic heterocycles. The van der Waals surface area contributed by atoms with Crippen LogP contribution in [0.25, 0.3) is 0 Å². The number of aryl methyl sites for hydroxylation is 1. The Labute approximate surface area is 142 Å². The molecule has 9 heteroatoms. The van der Waals surface area contributed by atoms with Crippen LogP contribution in [-0.2, 0) is 20.6 Å². The van der Waals surface area contributed by atoms with E-state index in [2.05, 4.69) is 10.3 Å². The Morgan fingerprint density at radius 3 is 2.39 bits per heavy atom. The zero-order valence-corrected chi connectivity index (χ0v) is 15.4. The van der Waals surface area contributed by atoms with E-state index in [0.717, 1.165) is 0 Å². The summed E-state index contributed by atoms with van der Waals surface area (Å²) < 4.78 is 15.2. The molecule has 128 valence electrons. The minimum atomic E-state index is -1.31. The highest BCUT2D eigenvalue weighted by Crippen LogP contribution is 2.27. The molecule has 1 atom stereocenters. The lowest BCUT2D eigenvalue weighted by Gasteiger charge is -2.34. The third-order valence-corrected chi connectivity index (χ3v) is 6.47. The molecule has 0 spiro atoms. The first-order valence-electron chi connectivity index (χ1n) is 7.50. The van der Waals surface area contributed by atoms with E-state index in [1.54, 1.807) is 6.92 Å². The lowest BCUT2D eigenvalue weighted by atomic mass is 10.2. The quantitative estimate of drug-likeness (QED) is 0.878. The molecule has 1 aliphatic rings. The summed E-state index contributed by atoms with van der Waals surface area (Å²) >= 11 is 1.24. The number of rotatable bonds is 4. The summed E-state index contributed by atoms with van der Waals surface area (Å²) in [6.07, 6.45) is 0. The number of anilines is 1. The highest BCUT2D eigenvalue weighted by Gasteiger charge is 2.28. The van der Waals surface area contributed by atoms with Gasteiger partial charge in [0.25, 0.3) is 0 Å². The van der Waals surface area contributed by atoms with E-state index >= 15 is 0 Å². The van der Waals surface area contributed by atoms with E-state index < -0.39 is 11.0 Å². The molecule has 1 fully saturated rings. The van der Waals surface area contributed by atoms with Gasteiger partial charge in [0, 0.05) is 39.0 Å². The third kappa shape index (κ3) is 4.36. The van der Waals surface area contributed by atoms with Gasteiger partial charge in [0.2, 0.25) is 11.8 Å². The fourth-order valence-electron chi connectivity index (χ4n) is 2.31. The number of carbonyl (C=O) groups is 2. The minimum absolute atomic E-state index is 0.0176. The average molecular weight is 358 g/mol. The third-order valence-electron chi connectivity index (χ3n) is 3.47. The molecule has 1 aliphatic heterocycles. The van der Waals surface area contributed by atoms with Crippen LogP contribution < -0.4 is 5.32 Å². The number of carbonyl (C=O) groups excluding carboxylic acids is 2. The highest BCUT2D eigenvalue weighted by molar-refractivity contribution is 7.85. The van der Waals surface area contributed by atoms with Crippen molar-refractivity contribution < 1.29 is 13.8 Å². The molecule has 23 heavy (non-hydrogen) atoms. The maximum Gasteiger partial charge on any atom is 0.225 e. The molecule has 0 aromatic carbocycles. The largest absolute Gasteiger partial charge is 0.340 e. The van der Waals surface area contributed by atoms with Gasteiger partial charge in [-0.2, -0.15) is 0 Å². The second-order valence-corrected chi connectivity index (χ2v) is 8.41. The summed E-state index contributed by atoms with van der Waals surface area (Å²) in [5.41, 5.74) is 0.665. The number of hydrogen-bond acceptors (Lipinski definition) is 5. The van der Waals surface area contributed by atoms with Gasteiger partial charge in [-0.05, 0) is 6.92 Å². The zero-order valence-electron chi connectivity index (χ0n) is 13.8. The maximum atomic E-state index is 12.7.